The third-order valence-electron chi connectivity index (χ3n) is 4.96. The predicted octanol–water partition coefficient (Wildman–Crippen LogP) is 6.47. The number of halogens is 1. The summed E-state index contributed by atoms with van der Waals surface area (Å²) in [7, 11) is 0. The van der Waals surface area contributed by atoms with E-state index in [2.05, 4.69) is 0 Å². The summed E-state index contributed by atoms with van der Waals surface area (Å²) in [6, 6.07) is 14.7. The van der Waals surface area contributed by atoms with Crippen LogP contribution < -0.4 is 19.6 Å². The molecule has 0 unspecified atom stereocenters. The van der Waals surface area contributed by atoms with E-state index in [4.69, 9.17) is 30.2 Å². The number of ether oxygens (including phenoxy) is 3. The van der Waals surface area contributed by atoms with Crippen LogP contribution in [0.25, 0.3) is 11.0 Å². The van der Waals surface area contributed by atoms with Gasteiger partial charge in [-0.1, -0.05) is 11.6 Å². The van der Waals surface area contributed by atoms with Crippen LogP contribution in [0.2, 0.25) is 5.02 Å². The maximum atomic E-state index is 12.9. The van der Waals surface area contributed by atoms with Crippen LogP contribution in [0.4, 0.5) is 0 Å². The normalized spacial score (nSPS) is 10.8. The van der Waals surface area contributed by atoms with E-state index in [1.165, 1.54) is 24.5 Å². The quantitative estimate of drug-likeness (QED) is 0.240. The molecule has 0 aliphatic carbocycles. The van der Waals surface area contributed by atoms with Crippen LogP contribution >= 0.6 is 11.6 Å². The molecule has 0 saturated carbocycles. The van der Waals surface area contributed by atoms with Crippen molar-refractivity contribution in [2.75, 3.05) is 6.61 Å². The monoisotopic (exact) mass is 464 g/mol. The largest absolute Gasteiger partial charge is 0.494 e. The minimum absolute atomic E-state index is 0.0442. The predicted molar refractivity (Wildman–Crippen MR) is 126 cm³/mol. The summed E-state index contributed by atoms with van der Waals surface area (Å²) in [6.07, 6.45) is 1.24. The molecule has 0 N–H and O–H groups in total. The maximum Gasteiger partial charge on any atom is 0.343 e. The molecule has 33 heavy (non-hydrogen) atoms. The Kier molecular flexibility index (Phi) is 6.38. The van der Waals surface area contributed by atoms with Crippen LogP contribution in [0.5, 0.6) is 23.0 Å². The van der Waals surface area contributed by atoms with E-state index in [0.29, 0.717) is 34.1 Å². The molecular weight excluding hydrogens is 444 g/mol. The van der Waals surface area contributed by atoms with Crippen molar-refractivity contribution in [1.82, 2.24) is 0 Å². The average molecular weight is 465 g/mol. The molecule has 0 radical (unpaired) electrons. The van der Waals surface area contributed by atoms with Crippen molar-refractivity contribution >= 4 is 28.5 Å². The highest BCUT2D eigenvalue weighted by molar-refractivity contribution is 6.32. The summed E-state index contributed by atoms with van der Waals surface area (Å²) >= 11 is 6.19. The van der Waals surface area contributed by atoms with Crippen LogP contribution in [-0.2, 0) is 0 Å². The van der Waals surface area contributed by atoms with Gasteiger partial charge in [0.05, 0.1) is 17.6 Å². The lowest BCUT2D eigenvalue weighted by Crippen LogP contribution is -2.09. The molecule has 0 fully saturated rings. The second-order valence-electron chi connectivity index (χ2n) is 7.41. The minimum Gasteiger partial charge on any atom is -0.494 e. The fourth-order valence-corrected chi connectivity index (χ4v) is 3.45. The third kappa shape index (κ3) is 4.86. The van der Waals surface area contributed by atoms with Crippen LogP contribution in [0.3, 0.4) is 0 Å². The molecule has 0 saturated heterocycles. The van der Waals surface area contributed by atoms with E-state index in [1.807, 2.05) is 20.8 Å². The molecule has 1 aromatic heterocycles. The van der Waals surface area contributed by atoms with Crippen LogP contribution in [0.1, 0.15) is 28.4 Å². The molecule has 0 atom stereocenters. The van der Waals surface area contributed by atoms with Gasteiger partial charge in [0.1, 0.15) is 29.1 Å². The van der Waals surface area contributed by atoms with Crippen molar-refractivity contribution in [3.05, 3.63) is 92.8 Å². The van der Waals surface area contributed by atoms with E-state index < -0.39 is 5.97 Å². The van der Waals surface area contributed by atoms with Gasteiger partial charge in [0.15, 0.2) is 0 Å². The molecule has 3 aromatic carbocycles. The fraction of sp³-hybridized carbons (Fsp3) is 0.154. The highest BCUT2D eigenvalue weighted by Crippen LogP contribution is 2.29. The van der Waals surface area contributed by atoms with Crippen molar-refractivity contribution in [1.29, 1.82) is 0 Å². The van der Waals surface area contributed by atoms with Gasteiger partial charge >= 0.3 is 5.97 Å². The van der Waals surface area contributed by atoms with Gasteiger partial charge in [-0.2, -0.15) is 0 Å². The Bertz CT molecular complexity index is 1370. The smallest absolute Gasteiger partial charge is 0.343 e. The van der Waals surface area contributed by atoms with Crippen molar-refractivity contribution in [2.24, 2.45) is 0 Å². The van der Waals surface area contributed by atoms with Crippen molar-refractivity contribution in [3.63, 3.8) is 0 Å². The molecule has 0 bridgehead atoms. The van der Waals surface area contributed by atoms with E-state index in [9.17, 15) is 9.59 Å². The Morgan fingerprint density at radius 3 is 2.27 bits per heavy atom. The van der Waals surface area contributed by atoms with E-state index in [1.54, 1.807) is 36.4 Å². The lowest BCUT2D eigenvalue weighted by atomic mass is 10.1. The summed E-state index contributed by atoms with van der Waals surface area (Å²) in [5.41, 5.74) is 1.99. The Morgan fingerprint density at radius 2 is 1.61 bits per heavy atom. The minimum atomic E-state index is -0.534. The number of benzene rings is 3. The summed E-state index contributed by atoms with van der Waals surface area (Å²) in [4.78, 5) is 25.3. The summed E-state index contributed by atoms with van der Waals surface area (Å²) < 4.78 is 22.1. The second-order valence-corrected chi connectivity index (χ2v) is 7.79. The fourth-order valence-electron chi connectivity index (χ4n) is 3.34. The van der Waals surface area contributed by atoms with Gasteiger partial charge < -0.3 is 18.6 Å². The van der Waals surface area contributed by atoms with Gasteiger partial charge in [-0.25, -0.2) is 4.79 Å². The Balaban J connectivity index is 1.55. The first-order valence-corrected chi connectivity index (χ1v) is 10.7. The van der Waals surface area contributed by atoms with Crippen LogP contribution in [0, 0.1) is 13.8 Å². The SMILES string of the molecule is CCOc1ccc(C(=O)Oc2ccc3c(=O)c(Oc4cc(C)c(Cl)c(C)c4)coc3c2)cc1. The zero-order valence-corrected chi connectivity index (χ0v) is 19.1. The second kappa shape index (κ2) is 9.38. The van der Waals surface area contributed by atoms with Gasteiger partial charge in [-0.15, -0.1) is 0 Å². The molecule has 4 aromatic rings. The summed E-state index contributed by atoms with van der Waals surface area (Å²) in [6.45, 7) is 6.15. The topological polar surface area (TPSA) is 75.0 Å². The molecule has 1 heterocycles. The van der Waals surface area contributed by atoms with Gasteiger partial charge in [0.2, 0.25) is 11.2 Å². The highest BCUT2D eigenvalue weighted by Gasteiger charge is 2.14. The molecule has 0 aliphatic heterocycles. The van der Waals surface area contributed by atoms with Gasteiger partial charge in [-0.3, -0.25) is 4.79 Å². The van der Waals surface area contributed by atoms with Gasteiger partial charge in [-0.05, 0) is 80.4 Å². The Labute approximate surface area is 195 Å². The molecule has 0 spiro atoms. The van der Waals surface area contributed by atoms with E-state index in [-0.39, 0.29) is 22.5 Å². The Hall–Kier alpha value is -3.77. The van der Waals surface area contributed by atoms with E-state index in [0.717, 1.165) is 11.1 Å². The first-order valence-electron chi connectivity index (χ1n) is 10.3. The standard InChI is InChI=1S/C26H21ClO6/c1-4-30-18-7-5-17(6-8-18)26(29)33-19-9-10-21-22(13-19)31-14-23(25(21)28)32-20-11-15(2)24(27)16(3)12-20/h5-14H,4H2,1-3H3. The van der Waals surface area contributed by atoms with Crippen molar-refractivity contribution in [3.8, 4) is 23.0 Å². The third-order valence-corrected chi connectivity index (χ3v) is 5.56. The number of esters is 1. The lowest BCUT2D eigenvalue weighted by molar-refractivity contribution is 0.0735. The zero-order valence-electron chi connectivity index (χ0n) is 18.3. The van der Waals surface area contributed by atoms with E-state index >= 15 is 0 Å². The van der Waals surface area contributed by atoms with Gasteiger partial charge in [0, 0.05) is 11.1 Å². The lowest BCUT2D eigenvalue weighted by Gasteiger charge is -2.10. The average Bonchev–Trinajstić information content (AvgIpc) is 2.80. The summed E-state index contributed by atoms with van der Waals surface area (Å²) in [5, 5.41) is 0.955. The molecule has 4 rings (SSSR count). The molecule has 0 amide bonds. The number of hydrogen-bond donors (Lipinski definition) is 0. The van der Waals surface area contributed by atoms with Crippen molar-refractivity contribution in [2.45, 2.75) is 20.8 Å². The number of rotatable bonds is 6. The number of fused-ring (bicyclic) bond motifs is 1. The first-order chi connectivity index (χ1) is 15.9. The van der Waals surface area contributed by atoms with Gasteiger partial charge in [0.25, 0.3) is 0 Å². The number of carbonyl (C=O) groups is 1. The molecule has 6 nitrogen and oxygen atoms in total. The molecule has 7 heteroatoms. The summed E-state index contributed by atoms with van der Waals surface area (Å²) in [5.74, 6) is 0.920. The molecule has 168 valence electrons. The number of carbonyl (C=O) groups excluding carboxylic acids is 1. The van der Waals surface area contributed by atoms with Crippen LogP contribution in [0.15, 0.2) is 70.1 Å². The molecular formula is C26H21ClO6. The maximum absolute atomic E-state index is 12.9. The zero-order chi connectivity index (χ0) is 23.5. The highest BCUT2D eigenvalue weighted by atomic mass is 35.5. The van der Waals surface area contributed by atoms with Crippen molar-refractivity contribution < 1.29 is 23.4 Å². The molecule has 0 aliphatic rings. The number of aryl methyl sites for hydroxylation is 2. The Morgan fingerprint density at radius 1 is 0.939 bits per heavy atom. The van der Waals surface area contributed by atoms with Crippen LogP contribution in [-0.4, -0.2) is 12.6 Å². The first kappa shape index (κ1) is 22.4. The number of hydrogen-bond acceptors (Lipinski definition) is 6.